The van der Waals surface area contributed by atoms with Gasteiger partial charge < -0.3 is 10.1 Å². The summed E-state index contributed by atoms with van der Waals surface area (Å²) in [5, 5.41) is 2.49. The van der Waals surface area contributed by atoms with Crippen molar-refractivity contribution >= 4 is 11.6 Å². The summed E-state index contributed by atoms with van der Waals surface area (Å²) in [7, 11) is 0. The third kappa shape index (κ3) is 5.64. The van der Waals surface area contributed by atoms with Crippen LogP contribution in [0.3, 0.4) is 0 Å². The Morgan fingerprint density at radius 1 is 0.964 bits per heavy atom. The molecule has 0 saturated heterocycles. The lowest BCUT2D eigenvalue weighted by molar-refractivity contribution is -0.143. The van der Waals surface area contributed by atoms with E-state index in [1.165, 1.54) is 6.92 Å². The average molecular weight is 405 g/mol. The Labute approximate surface area is 157 Å². The van der Waals surface area contributed by atoms with Crippen LogP contribution in [0.2, 0.25) is 0 Å². The monoisotopic (exact) mass is 405 g/mol. The number of carbonyl (C=O) groups excluding carboxylic acids is 1. The predicted molar refractivity (Wildman–Crippen MR) is 91.0 cm³/mol. The van der Waals surface area contributed by atoms with Crippen molar-refractivity contribution in [3.05, 3.63) is 59.2 Å². The van der Waals surface area contributed by atoms with E-state index in [0.29, 0.717) is 17.8 Å². The molecule has 0 saturated carbocycles. The highest BCUT2D eigenvalue weighted by atomic mass is 19.4. The Hall–Kier alpha value is -2.71. The zero-order valence-corrected chi connectivity index (χ0v) is 14.9. The van der Waals surface area contributed by atoms with Gasteiger partial charge in [0.05, 0.1) is 11.1 Å². The minimum Gasteiger partial charge on any atom is -0.481 e. The number of benzene rings is 2. The molecule has 2 aromatic rings. The molecule has 152 valence electrons. The molecule has 0 radical (unpaired) electrons. The maximum atomic E-state index is 12.9. The van der Waals surface area contributed by atoms with Crippen LogP contribution in [0.5, 0.6) is 5.75 Å². The molecule has 1 N–H and O–H groups in total. The molecular formula is C19H17F6NO2. The lowest BCUT2D eigenvalue weighted by Gasteiger charge is -2.18. The van der Waals surface area contributed by atoms with Gasteiger partial charge in [0.1, 0.15) is 5.75 Å². The highest BCUT2D eigenvalue weighted by molar-refractivity contribution is 5.94. The molecule has 0 aliphatic rings. The highest BCUT2D eigenvalue weighted by Crippen LogP contribution is 2.38. The number of halogens is 6. The van der Waals surface area contributed by atoms with Gasteiger partial charge in [0.25, 0.3) is 5.91 Å². The fraction of sp³-hybridized carbons (Fsp3) is 0.316. The summed E-state index contributed by atoms with van der Waals surface area (Å²) < 4.78 is 82.3. The zero-order valence-electron chi connectivity index (χ0n) is 14.9. The van der Waals surface area contributed by atoms with Crippen molar-refractivity contribution < 1.29 is 35.9 Å². The molecule has 28 heavy (non-hydrogen) atoms. The first-order chi connectivity index (χ1) is 12.9. The van der Waals surface area contributed by atoms with Gasteiger partial charge in [0.2, 0.25) is 0 Å². The second-order valence-electron chi connectivity index (χ2n) is 6.04. The van der Waals surface area contributed by atoms with Gasteiger partial charge in [-0.1, -0.05) is 19.1 Å². The van der Waals surface area contributed by atoms with Crippen molar-refractivity contribution in [2.24, 2.45) is 0 Å². The van der Waals surface area contributed by atoms with Gasteiger partial charge in [-0.05, 0) is 49.2 Å². The van der Waals surface area contributed by atoms with E-state index in [1.807, 2.05) is 6.92 Å². The molecular weight excluding hydrogens is 388 g/mol. The maximum Gasteiger partial charge on any atom is 0.416 e. The number of carbonyl (C=O) groups is 1. The summed E-state index contributed by atoms with van der Waals surface area (Å²) in [4.78, 5) is 12.2. The minimum absolute atomic E-state index is 0.00706. The van der Waals surface area contributed by atoms with E-state index >= 15 is 0 Å². The molecule has 0 aromatic heterocycles. The molecule has 0 aliphatic carbocycles. The summed E-state index contributed by atoms with van der Waals surface area (Å²) in [5.74, 6) is -1.42. The molecule has 1 amide bonds. The van der Waals surface area contributed by atoms with Crippen molar-refractivity contribution in [2.75, 3.05) is 5.32 Å². The molecule has 0 unspecified atom stereocenters. The van der Waals surface area contributed by atoms with E-state index in [2.05, 4.69) is 5.32 Å². The Morgan fingerprint density at radius 3 is 1.89 bits per heavy atom. The number of hydrogen-bond acceptors (Lipinski definition) is 2. The predicted octanol–water partition coefficient (Wildman–Crippen LogP) is 5.69. The van der Waals surface area contributed by atoms with Gasteiger partial charge >= 0.3 is 12.4 Å². The Balaban J connectivity index is 2.19. The van der Waals surface area contributed by atoms with Crippen LogP contribution >= 0.6 is 0 Å². The number of ether oxygens (including phenoxy) is 1. The SMILES string of the molecule is CCc1ccc(NC(=O)[C@H](C)Oc2cc(C(F)(F)F)cc(C(F)(F)F)c2)cc1. The van der Waals surface area contributed by atoms with E-state index < -0.39 is 41.2 Å². The topological polar surface area (TPSA) is 38.3 Å². The first-order valence-electron chi connectivity index (χ1n) is 8.26. The Bertz CT molecular complexity index is 796. The fourth-order valence-corrected chi connectivity index (χ4v) is 2.32. The lowest BCUT2D eigenvalue weighted by Crippen LogP contribution is -2.30. The van der Waals surface area contributed by atoms with Crippen molar-refractivity contribution in [1.82, 2.24) is 0 Å². The van der Waals surface area contributed by atoms with E-state index in [-0.39, 0.29) is 6.07 Å². The molecule has 0 heterocycles. The number of nitrogens with one attached hydrogen (secondary N) is 1. The highest BCUT2D eigenvalue weighted by Gasteiger charge is 2.37. The standard InChI is InChI=1S/C19H17F6NO2/c1-3-12-4-6-15(7-5-12)26-17(27)11(2)28-16-9-13(18(20,21)22)8-14(10-16)19(23,24)25/h4-11H,3H2,1-2H3,(H,26,27)/t11-/m0/s1. The number of rotatable bonds is 5. The molecule has 0 fully saturated rings. The van der Waals surface area contributed by atoms with E-state index in [0.717, 1.165) is 12.0 Å². The van der Waals surface area contributed by atoms with Gasteiger partial charge in [0, 0.05) is 5.69 Å². The fourth-order valence-electron chi connectivity index (χ4n) is 2.32. The Kier molecular flexibility index (Phi) is 6.26. The minimum atomic E-state index is -4.99. The quantitative estimate of drug-likeness (QED) is 0.649. The summed E-state index contributed by atoms with van der Waals surface area (Å²) in [5.41, 5.74) is -1.57. The number of alkyl halides is 6. The van der Waals surface area contributed by atoms with E-state index in [4.69, 9.17) is 4.74 Å². The molecule has 2 aromatic carbocycles. The van der Waals surface area contributed by atoms with Crippen molar-refractivity contribution in [3.8, 4) is 5.75 Å². The van der Waals surface area contributed by atoms with Crippen LogP contribution in [0.25, 0.3) is 0 Å². The summed E-state index contributed by atoms with van der Waals surface area (Å²) in [6.07, 6.45) is -10.5. The van der Waals surface area contributed by atoms with Gasteiger partial charge in [-0.2, -0.15) is 26.3 Å². The largest absolute Gasteiger partial charge is 0.481 e. The second kappa shape index (κ2) is 8.12. The van der Waals surface area contributed by atoms with Gasteiger partial charge in [-0.3, -0.25) is 4.79 Å². The molecule has 0 aliphatic heterocycles. The maximum absolute atomic E-state index is 12.9. The first-order valence-corrected chi connectivity index (χ1v) is 8.26. The van der Waals surface area contributed by atoms with Crippen molar-refractivity contribution in [1.29, 1.82) is 0 Å². The molecule has 1 atom stereocenters. The van der Waals surface area contributed by atoms with Crippen LogP contribution in [0, 0.1) is 0 Å². The van der Waals surface area contributed by atoms with Gasteiger partial charge in [-0.25, -0.2) is 0 Å². The first kappa shape index (κ1) is 21.6. The number of amides is 1. The van der Waals surface area contributed by atoms with Gasteiger partial charge in [0.15, 0.2) is 6.10 Å². The Morgan fingerprint density at radius 2 is 1.46 bits per heavy atom. The molecule has 0 spiro atoms. The summed E-state index contributed by atoms with van der Waals surface area (Å²) >= 11 is 0. The van der Waals surface area contributed by atoms with Crippen LogP contribution in [-0.2, 0) is 23.6 Å². The second-order valence-corrected chi connectivity index (χ2v) is 6.04. The van der Waals surface area contributed by atoms with E-state index in [1.54, 1.807) is 24.3 Å². The third-order valence-corrected chi connectivity index (χ3v) is 3.87. The number of aryl methyl sites for hydroxylation is 1. The van der Waals surface area contributed by atoms with E-state index in [9.17, 15) is 31.1 Å². The average Bonchev–Trinajstić information content (AvgIpc) is 2.60. The van der Waals surface area contributed by atoms with Crippen LogP contribution < -0.4 is 10.1 Å². The molecule has 0 bridgehead atoms. The van der Waals surface area contributed by atoms with Crippen LogP contribution in [-0.4, -0.2) is 12.0 Å². The van der Waals surface area contributed by atoms with Crippen molar-refractivity contribution in [3.63, 3.8) is 0 Å². The van der Waals surface area contributed by atoms with Crippen LogP contribution in [0.15, 0.2) is 42.5 Å². The van der Waals surface area contributed by atoms with Crippen LogP contribution in [0.1, 0.15) is 30.5 Å². The van der Waals surface area contributed by atoms with Crippen LogP contribution in [0.4, 0.5) is 32.0 Å². The third-order valence-electron chi connectivity index (χ3n) is 3.87. The normalized spacial score (nSPS) is 13.1. The lowest BCUT2D eigenvalue weighted by atomic mass is 10.1. The summed E-state index contributed by atoms with van der Waals surface area (Å²) in [6.45, 7) is 3.18. The number of hydrogen-bond donors (Lipinski definition) is 1. The molecule has 3 nitrogen and oxygen atoms in total. The summed E-state index contributed by atoms with van der Waals surface area (Å²) in [6, 6.07) is 7.68. The smallest absolute Gasteiger partial charge is 0.416 e. The van der Waals surface area contributed by atoms with Gasteiger partial charge in [-0.15, -0.1) is 0 Å². The molecule has 2 rings (SSSR count). The van der Waals surface area contributed by atoms with Crippen molar-refractivity contribution in [2.45, 2.75) is 38.7 Å². The zero-order chi connectivity index (χ0) is 21.1. The number of anilines is 1. The molecule has 9 heteroatoms.